The first-order chi connectivity index (χ1) is 14.9. The second-order valence-electron chi connectivity index (χ2n) is 7.73. The van der Waals surface area contributed by atoms with Crippen molar-refractivity contribution in [1.29, 1.82) is 0 Å². The number of nitrogens with zero attached hydrogens (tertiary/aromatic N) is 1. The summed E-state index contributed by atoms with van der Waals surface area (Å²) < 4.78 is 0. The lowest BCUT2D eigenvalue weighted by Gasteiger charge is -2.28. The molecule has 1 atom stereocenters. The van der Waals surface area contributed by atoms with Crippen LogP contribution in [0.25, 0.3) is 0 Å². The molecule has 0 saturated carbocycles. The molecular weight excluding hydrogens is 428 g/mol. The highest BCUT2D eigenvalue weighted by Crippen LogP contribution is 2.44. The second-order valence-corrected chi connectivity index (χ2v) is 9.23. The highest BCUT2D eigenvalue weighted by Gasteiger charge is 2.35. The monoisotopic (exact) mass is 450 g/mol. The van der Waals surface area contributed by atoms with Crippen molar-refractivity contribution in [1.82, 2.24) is 0 Å². The SMILES string of the molecule is CC(C)c1ccccc1N1C(=O)CSC1c1cccc(NC(=O)c2ccc(Cl)cc2)c1. The fourth-order valence-electron chi connectivity index (χ4n) is 3.70. The van der Waals surface area contributed by atoms with Gasteiger partial charge < -0.3 is 5.32 Å². The van der Waals surface area contributed by atoms with Crippen LogP contribution in [0.2, 0.25) is 5.02 Å². The number of carbonyl (C=O) groups is 2. The van der Waals surface area contributed by atoms with E-state index in [0.717, 1.165) is 16.8 Å². The van der Waals surface area contributed by atoms with Crippen LogP contribution in [0.4, 0.5) is 11.4 Å². The largest absolute Gasteiger partial charge is 0.322 e. The number of hydrogen-bond donors (Lipinski definition) is 1. The Morgan fingerprint density at radius 3 is 2.55 bits per heavy atom. The smallest absolute Gasteiger partial charge is 0.255 e. The zero-order valence-corrected chi connectivity index (χ0v) is 18.9. The Kier molecular flexibility index (Phi) is 6.35. The average molecular weight is 451 g/mol. The Morgan fingerprint density at radius 1 is 1.06 bits per heavy atom. The molecule has 1 unspecified atom stereocenters. The molecule has 1 aliphatic rings. The molecule has 0 spiro atoms. The van der Waals surface area contributed by atoms with Gasteiger partial charge in [0.15, 0.2) is 0 Å². The number of para-hydroxylation sites is 1. The van der Waals surface area contributed by atoms with Gasteiger partial charge >= 0.3 is 0 Å². The summed E-state index contributed by atoms with van der Waals surface area (Å²) in [5, 5.41) is 3.39. The van der Waals surface area contributed by atoms with Crippen LogP contribution >= 0.6 is 23.4 Å². The molecule has 4 nitrogen and oxygen atoms in total. The van der Waals surface area contributed by atoms with Crippen LogP contribution in [0.15, 0.2) is 72.8 Å². The summed E-state index contributed by atoms with van der Waals surface area (Å²) >= 11 is 7.51. The van der Waals surface area contributed by atoms with Crippen molar-refractivity contribution in [3.05, 3.63) is 94.5 Å². The van der Waals surface area contributed by atoms with Crippen LogP contribution < -0.4 is 10.2 Å². The van der Waals surface area contributed by atoms with Crippen LogP contribution in [0.3, 0.4) is 0 Å². The highest BCUT2D eigenvalue weighted by molar-refractivity contribution is 8.00. The van der Waals surface area contributed by atoms with Crippen molar-refractivity contribution in [3.8, 4) is 0 Å². The number of rotatable bonds is 5. The summed E-state index contributed by atoms with van der Waals surface area (Å²) in [5.74, 6) is 0.628. The van der Waals surface area contributed by atoms with Crippen LogP contribution in [0.1, 0.15) is 46.6 Å². The van der Waals surface area contributed by atoms with E-state index in [2.05, 4.69) is 25.2 Å². The molecule has 4 rings (SSSR count). The molecule has 1 saturated heterocycles. The van der Waals surface area contributed by atoms with Crippen LogP contribution in [0, 0.1) is 0 Å². The van der Waals surface area contributed by atoms with E-state index in [1.54, 1.807) is 36.0 Å². The van der Waals surface area contributed by atoms with E-state index in [-0.39, 0.29) is 17.2 Å². The van der Waals surface area contributed by atoms with Gasteiger partial charge in [-0.2, -0.15) is 0 Å². The Labute approximate surface area is 191 Å². The number of thioether (sulfide) groups is 1. The third-order valence-corrected chi connectivity index (χ3v) is 6.69. The second kappa shape index (κ2) is 9.16. The summed E-state index contributed by atoms with van der Waals surface area (Å²) in [5.41, 5.74) is 4.30. The summed E-state index contributed by atoms with van der Waals surface area (Å²) in [7, 11) is 0. The molecule has 6 heteroatoms. The van der Waals surface area contributed by atoms with Crippen molar-refractivity contribution in [2.24, 2.45) is 0 Å². The van der Waals surface area contributed by atoms with Crippen molar-refractivity contribution < 1.29 is 9.59 Å². The molecule has 0 aliphatic carbocycles. The first-order valence-electron chi connectivity index (χ1n) is 10.1. The minimum atomic E-state index is -0.203. The topological polar surface area (TPSA) is 49.4 Å². The first kappa shape index (κ1) is 21.5. The van der Waals surface area contributed by atoms with Crippen molar-refractivity contribution in [2.45, 2.75) is 25.1 Å². The van der Waals surface area contributed by atoms with Gasteiger partial charge in [-0.25, -0.2) is 0 Å². The third-order valence-electron chi connectivity index (χ3n) is 5.22. The predicted octanol–water partition coefficient (Wildman–Crippen LogP) is 6.49. The van der Waals surface area contributed by atoms with Crippen LogP contribution in [-0.2, 0) is 4.79 Å². The van der Waals surface area contributed by atoms with Gasteiger partial charge in [0.1, 0.15) is 5.37 Å². The van der Waals surface area contributed by atoms with Crippen LogP contribution in [-0.4, -0.2) is 17.6 Å². The van der Waals surface area contributed by atoms with E-state index < -0.39 is 0 Å². The molecule has 1 aliphatic heterocycles. The maximum Gasteiger partial charge on any atom is 0.255 e. The number of nitrogens with one attached hydrogen (secondary N) is 1. The van der Waals surface area contributed by atoms with Gasteiger partial charge in [0.2, 0.25) is 5.91 Å². The minimum Gasteiger partial charge on any atom is -0.322 e. The zero-order chi connectivity index (χ0) is 22.0. The highest BCUT2D eigenvalue weighted by atomic mass is 35.5. The van der Waals surface area contributed by atoms with Gasteiger partial charge in [0.25, 0.3) is 5.91 Å². The van der Waals surface area contributed by atoms with E-state index in [9.17, 15) is 9.59 Å². The molecule has 0 bridgehead atoms. The molecule has 3 aromatic carbocycles. The molecule has 0 aromatic heterocycles. The Balaban J connectivity index is 1.61. The lowest BCUT2D eigenvalue weighted by atomic mass is 10.00. The quantitative estimate of drug-likeness (QED) is 0.483. The summed E-state index contributed by atoms with van der Waals surface area (Å²) in [6.07, 6.45) is 0. The van der Waals surface area contributed by atoms with Gasteiger partial charge in [-0.3, -0.25) is 14.5 Å². The minimum absolute atomic E-state index is 0.0960. The van der Waals surface area contributed by atoms with Crippen molar-refractivity contribution in [2.75, 3.05) is 16.0 Å². The van der Waals surface area contributed by atoms with Crippen LogP contribution in [0.5, 0.6) is 0 Å². The fraction of sp³-hybridized carbons (Fsp3) is 0.200. The fourth-order valence-corrected chi connectivity index (χ4v) is 4.99. The van der Waals surface area contributed by atoms with Gasteiger partial charge in [-0.1, -0.05) is 55.8 Å². The average Bonchev–Trinajstić information content (AvgIpc) is 3.15. The van der Waals surface area contributed by atoms with Gasteiger partial charge in [-0.15, -0.1) is 11.8 Å². The van der Waals surface area contributed by atoms with Crippen molar-refractivity contribution >= 4 is 46.6 Å². The Morgan fingerprint density at radius 2 is 1.81 bits per heavy atom. The number of amides is 2. The normalized spacial score (nSPS) is 16.1. The van der Waals surface area contributed by atoms with Gasteiger partial charge in [0, 0.05) is 22.0 Å². The number of halogens is 1. The van der Waals surface area contributed by atoms with E-state index >= 15 is 0 Å². The predicted molar refractivity (Wildman–Crippen MR) is 129 cm³/mol. The molecule has 158 valence electrons. The Hall–Kier alpha value is -2.76. The summed E-state index contributed by atoms with van der Waals surface area (Å²) in [6.45, 7) is 4.27. The Bertz CT molecular complexity index is 1110. The zero-order valence-electron chi connectivity index (χ0n) is 17.3. The summed E-state index contributed by atoms with van der Waals surface area (Å²) in [6, 6.07) is 22.5. The van der Waals surface area contributed by atoms with Gasteiger partial charge in [-0.05, 0) is 59.5 Å². The van der Waals surface area contributed by atoms with E-state index in [0.29, 0.717) is 27.9 Å². The number of hydrogen-bond acceptors (Lipinski definition) is 3. The molecule has 1 heterocycles. The maximum absolute atomic E-state index is 12.8. The molecule has 1 fully saturated rings. The lowest BCUT2D eigenvalue weighted by Crippen LogP contribution is -2.29. The van der Waals surface area contributed by atoms with Crippen molar-refractivity contribution in [3.63, 3.8) is 0 Å². The molecule has 2 amide bonds. The molecule has 3 aromatic rings. The number of benzene rings is 3. The lowest BCUT2D eigenvalue weighted by molar-refractivity contribution is -0.115. The molecule has 31 heavy (non-hydrogen) atoms. The third kappa shape index (κ3) is 4.63. The number of carbonyl (C=O) groups excluding carboxylic acids is 2. The molecule has 0 radical (unpaired) electrons. The standard InChI is InChI=1S/C25H23ClN2O2S/c1-16(2)21-8-3-4-9-22(21)28-23(29)15-31-25(28)18-6-5-7-20(14-18)27-24(30)17-10-12-19(26)13-11-17/h3-14,16,25H,15H2,1-2H3,(H,27,30). The first-order valence-corrected chi connectivity index (χ1v) is 11.6. The van der Waals surface area contributed by atoms with Gasteiger partial charge in [0.05, 0.1) is 5.75 Å². The molecule has 1 N–H and O–H groups in total. The van der Waals surface area contributed by atoms with E-state index in [4.69, 9.17) is 11.6 Å². The van der Waals surface area contributed by atoms with E-state index in [1.807, 2.05) is 47.4 Å². The maximum atomic E-state index is 12.8. The molecular formula is C25H23ClN2O2S. The van der Waals surface area contributed by atoms with E-state index in [1.165, 1.54) is 0 Å². The number of anilines is 2. The summed E-state index contributed by atoms with van der Waals surface area (Å²) in [4.78, 5) is 27.3.